The average molecular weight is 1360 g/mol. The highest BCUT2D eigenvalue weighted by Gasteiger charge is 2.44. The normalized spacial score (nSPS) is 22.7. The molecule has 10 heterocycles. The number of carbonyl (C=O) groups excluding carboxylic acids is 8. The molecule has 520 valence electrons. The zero-order valence-electron chi connectivity index (χ0n) is 54.2. The number of nitrogens with one attached hydrogen (secondary N) is 12. The van der Waals surface area contributed by atoms with Crippen molar-refractivity contribution in [3.8, 4) is 0 Å². The van der Waals surface area contributed by atoms with Crippen molar-refractivity contribution >= 4 is 94.8 Å². The zero-order chi connectivity index (χ0) is 66.5. The van der Waals surface area contributed by atoms with Crippen LogP contribution in [0.2, 0.25) is 0 Å². The lowest BCUT2D eigenvalue weighted by Gasteiger charge is -2.36. The third-order valence-electron chi connectivity index (χ3n) is 19.2. The molecule has 0 aromatic carbocycles. The van der Waals surface area contributed by atoms with Gasteiger partial charge in [-0.2, -0.15) is 38.5 Å². The average Bonchev–Trinajstić information content (AvgIpc) is 1.82. The molecule has 7 aliphatic rings. The van der Waals surface area contributed by atoms with Crippen molar-refractivity contribution in [2.75, 3.05) is 78.6 Å². The van der Waals surface area contributed by atoms with Gasteiger partial charge in [0.15, 0.2) is 0 Å². The second kappa shape index (κ2) is 35.4. The second-order valence-electron chi connectivity index (χ2n) is 26.2. The summed E-state index contributed by atoms with van der Waals surface area (Å²) in [4.78, 5) is 150. The summed E-state index contributed by atoms with van der Waals surface area (Å²) in [6.45, 7) is 4.04. The van der Waals surface area contributed by atoms with Gasteiger partial charge in [-0.05, 0) is 89.9 Å². The van der Waals surface area contributed by atoms with Crippen LogP contribution in [0.4, 0.5) is 27.4 Å². The minimum Gasteiger partial charge on any atom is -0.481 e. The largest absolute Gasteiger partial charge is 0.481 e. The number of hydrogen-bond acceptors (Lipinski definition) is 19. The quantitative estimate of drug-likeness (QED) is 0.0293. The number of thioether (sulfide) groups is 2. The van der Waals surface area contributed by atoms with Crippen LogP contribution in [0.25, 0.3) is 0 Å². The zero-order valence-corrected chi connectivity index (χ0v) is 55.9. The number of anilines is 3. The third kappa shape index (κ3) is 21.2. The smallest absolute Gasteiger partial charge is 0.315 e. The Morgan fingerprint density at radius 3 is 1.28 bits per heavy atom. The number of amides is 10. The molecular formula is C63H96N20O10S2. The van der Waals surface area contributed by atoms with Crippen LogP contribution in [0.3, 0.4) is 0 Å². The van der Waals surface area contributed by atoms with Crippen molar-refractivity contribution in [1.82, 2.24) is 88.1 Å². The highest BCUT2D eigenvalue weighted by Crippen LogP contribution is 2.35. The molecular weight excluding hydrogens is 1260 g/mol. The summed E-state index contributed by atoms with van der Waals surface area (Å²) in [7, 11) is 0. The first-order chi connectivity index (χ1) is 46.2. The molecule has 10 rings (SSSR count). The van der Waals surface area contributed by atoms with Crippen molar-refractivity contribution in [3.05, 3.63) is 36.4 Å². The molecule has 32 heteroatoms. The monoisotopic (exact) mass is 1360 g/mol. The topological polar surface area (TPSA) is 400 Å². The lowest BCUT2D eigenvalue weighted by Crippen LogP contribution is -2.53. The van der Waals surface area contributed by atoms with Gasteiger partial charge in [0.05, 0.1) is 42.7 Å². The van der Waals surface area contributed by atoms with Gasteiger partial charge >= 0.3 is 18.0 Å². The van der Waals surface area contributed by atoms with E-state index >= 15 is 0 Å². The summed E-state index contributed by atoms with van der Waals surface area (Å²) in [5, 5.41) is 40.8. The van der Waals surface area contributed by atoms with Crippen LogP contribution in [0.1, 0.15) is 153 Å². The SMILES string of the molecule is O=C(CCCCC1SC[C@@H]2NC(=O)N[C@H]12)NCCCCCC(=O)NC(Cc1cnc[nH]1)C(=O)NC1CCN(c2nc(N3CCC(NC(=O)C(Cc4cnc[nH]4)NC(=O)CCCCCNC(=O)CCCC[C@H]4SC[C@H]5NC(=O)N[C@H]54)CC3)nc(N3CCC(C(=O)O)CC3)n2)CC1. The number of carbonyl (C=O) groups is 9. The van der Waals surface area contributed by atoms with Gasteiger partial charge in [0, 0.05) is 149 Å². The number of carboxylic acid groups (broad SMARTS) is 1. The first kappa shape index (κ1) is 70.2. The Hall–Kier alpha value is -7.64. The minimum atomic E-state index is -0.843. The van der Waals surface area contributed by atoms with E-state index in [-0.39, 0.29) is 109 Å². The molecule has 7 saturated heterocycles. The van der Waals surface area contributed by atoms with Gasteiger partial charge in [0.2, 0.25) is 53.3 Å². The van der Waals surface area contributed by atoms with Crippen LogP contribution < -0.4 is 67.9 Å². The fourth-order valence-corrected chi connectivity index (χ4v) is 16.8. The van der Waals surface area contributed by atoms with Crippen LogP contribution >= 0.6 is 23.5 Å². The fourth-order valence-electron chi connectivity index (χ4n) is 13.7. The Bertz CT molecular complexity index is 2860. The third-order valence-corrected chi connectivity index (χ3v) is 22.2. The number of hydrogen-bond donors (Lipinski definition) is 13. The maximum atomic E-state index is 14.0. The number of aliphatic carboxylic acids is 1. The van der Waals surface area contributed by atoms with E-state index in [2.05, 4.69) is 82.9 Å². The summed E-state index contributed by atoms with van der Waals surface area (Å²) >= 11 is 3.75. The van der Waals surface area contributed by atoms with Crippen LogP contribution in [-0.4, -0.2) is 216 Å². The van der Waals surface area contributed by atoms with E-state index in [0.29, 0.717) is 156 Å². The molecule has 13 N–H and O–H groups in total. The molecule has 30 nitrogen and oxygen atoms in total. The molecule has 8 atom stereocenters. The van der Waals surface area contributed by atoms with Crippen molar-refractivity contribution < 1.29 is 48.3 Å². The Morgan fingerprint density at radius 1 is 0.505 bits per heavy atom. The molecule has 3 unspecified atom stereocenters. The Balaban J connectivity index is 0.645. The maximum Gasteiger partial charge on any atom is 0.315 e. The number of rotatable bonds is 36. The Kier molecular flexibility index (Phi) is 26.1. The van der Waals surface area contributed by atoms with E-state index in [9.17, 15) is 48.3 Å². The summed E-state index contributed by atoms with van der Waals surface area (Å²) in [6, 6.07) is -1.55. The molecule has 3 aromatic heterocycles. The van der Waals surface area contributed by atoms with Gasteiger partial charge in [-0.3, -0.25) is 33.6 Å². The number of H-pyrrole nitrogens is 2. The molecule has 3 aromatic rings. The predicted octanol–water partition coefficient (Wildman–Crippen LogP) is 2.05. The number of fused-ring (bicyclic) bond motifs is 2. The number of imidazole rings is 2. The van der Waals surface area contributed by atoms with Crippen LogP contribution in [0.5, 0.6) is 0 Å². The summed E-state index contributed by atoms with van der Waals surface area (Å²) in [5.74, 6) is 0.917. The highest BCUT2D eigenvalue weighted by molar-refractivity contribution is 8.00. The van der Waals surface area contributed by atoms with Gasteiger partial charge in [-0.1, -0.05) is 25.7 Å². The van der Waals surface area contributed by atoms with E-state index in [0.717, 1.165) is 75.7 Å². The number of urea groups is 2. The summed E-state index contributed by atoms with van der Waals surface area (Å²) in [5.41, 5.74) is 1.41. The number of nitrogens with zero attached hydrogens (tertiary/aromatic N) is 8. The Morgan fingerprint density at radius 2 is 0.895 bits per heavy atom. The van der Waals surface area contributed by atoms with E-state index in [1.165, 1.54) is 12.7 Å². The van der Waals surface area contributed by atoms with E-state index in [1.807, 2.05) is 28.4 Å². The highest BCUT2D eigenvalue weighted by atomic mass is 32.2. The van der Waals surface area contributed by atoms with E-state index < -0.39 is 24.0 Å². The van der Waals surface area contributed by atoms with Crippen molar-refractivity contribution in [1.29, 1.82) is 0 Å². The Labute approximate surface area is 562 Å². The van der Waals surface area contributed by atoms with Gasteiger partial charge in [-0.25, -0.2) is 19.6 Å². The fraction of sp³-hybridized carbons (Fsp3) is 0.714. The number of unbranched alkanes of at least 4 members (excludes halogenated alkanes) is 6. The van der Waals surface area contributed by atoms with Crippen LogP contribution in [0.15, 0.2) is 25.0 Å². The molecule has 0 bridgehead atoms. The number of piperidine rings is 3. The minimum absolute atomic E-state index is 0.0135. The lowest BCUT2D eigenvalue weighted by molar-refractivity contribution is -0.142. The first-order valence-corrected chi connectivity index (χ1v) is 36.5. The van der Waals surface area contributed by atoms with Gasteiger partial charge in [0.1, 0.15) is 12.1 Å². The molecule has 7 aliphatic heterocycles. The van der Waals surface area contributed by atoms with Crippen molar-refractivity contribution in [3.63, 3.8) is 0 Å². The number of aromatic amines is 2. The molecule has 7 fully saturated rings. The molecule has 0 saturated carbocycles. The first-order valence-electron chi connectivity index (χ1n) is 34.4. The van der Waals surface area contributed by atoms with Gasteiger partial charge in [0.25, 0.3) is 0 Å². The molecule has 10 amide bonds. The summed E-state index contributed by atoms with van der Waals surface area (Å²) < 4.78 is 0. The summed E-state index contributed by atoms with van der Waals surface area (Å²) in [6.07, 6.45) is 20.8. The molecule has 0 radical (unpaired) electrons. The standard InChI is InChI=1S/C63H96N20O10S2/c84-50(13-7-5-11-48-54-46(35-94-48)74-62(92)76-54)66-23-9-1-3-15-52(86)72-44(31-42-33-64-37-68-42)56(88)70-40-19-27-82(28-20-40)60-78-59(81-25-17-39(18-26-81)58(90)91)79-61(80-60)83-29-21-41(22-30-83)71-57(89)45(32-43-34-65-38-69-43)73-53(87)16-4-2-10-24-67-51(85)14-8-6-12-49-55-47(36-95-49)75-63(93)77-55/h33-34,37-41,44-49,54-55H,1-32,35-36H2,(H,64,68)(H,65,69)(H,66,84)(H,67,85)(H,70,88)(H,71,89)(H,72,86)(H,73,87)(H,90,91)(H2,74,76,92)(H2,75,77,93)/t44?,45?,46-,47+,48-,49?,54-,55+/m1/s1. The maximum absolute atomic E-state index is 14.0. The molecule has 95 heavy (non-hydrogen) atoms. The number of aromatic nitrogens is 7. The molecule has 0 aliphatic carbocycles. The number of carboxylic acids is 1. The molecule has 0 spiro atoms. The van der Waals surface area contributed by atoms with Crippen molar-refractivity contribution in [2.45, 2.75) is 213 Å². The van der Waals surface area contributed by atoms with Crippen LogP contribution in [0, 0.1) is 5.92 Å². The lowest BCUT2D eigenvalue weighted by atomic mass is 9.97. The second-order valence-corrected chi connectivity index (χ2v) is 28.8. The van der Waals surface area contributed by atoms with Gasteiger partial charge < -0.3 is 82.9 Å². The van der Waals surface area contributed by atoms with E-state index in [4.69, 9.17) is 15.0 Å². The van der Waals surface area contributed by atoms with E-state index in [1.54, 1.807) is 12.4 Å². The van der Waals surface area contributed by atoms with Crippen molar-refractivity contribution in [2.24, 2.45) is 5.92 Å². The predicted molar refractivity (Wildman–Crippen MR) is 358 cm³/mol. The van der Waals surface area contributed by atoms with Crippen LogP contribution in [-0.2, 0) is 46.4 Å². The van der Waals surface area contributed by atoms with Gasteiger partial charge in [-0.15, -0.1) is 0 Å².